The minimum Gasteiger partial charge on any atom is -0.378 e. The van der Waals surface area contributed by atoms with Crippen molar-refractivity contribution in [3.05, 3.63) is 18.0 Å². The molecule has 0 aliphatic carbocycles. The molecule has 0 saturated carbocycles. The average Bonchev–Trinajstić information content (AvgIpc) is 3.33. The number of likely N-dealkylation sites (tertiary alicyclic amines) is 1. The lowest BCUT2D eigenvalue weighted by Gasteiger charge is -2.33. The zero-order valence-corrected chi connectivity index (χ0v) is 21.2. The van der Waals surface area contributed by atoms with Crippen molar-refractivity contribution in [2.75, 3.05) is 74.3 Å². The predicted molar refractivity (Wildman–Crippen MR) is 133 cm³/mol. The van der Waals surface area contributed by atoms with E-state index in [4.69, 9.17) is 19.5 Å². The minimum absolute atomic E-state index is 0.113. The number of rotatable bonds is 12. The molecule has 4 rings (SSSR count). The van der Waals surface area contributed by atoms with Gasteiger partial charge in [-0.15, -0.1) is 5.10 Å². The fourth-order valence-corrected chi connectivity index (χ4v) is 4.79. The van der Waals surface area contributed by atoms with Crippen molar-refractivity contribution in [2.45, 2.75) is 38.4 Å². The molecule has 0 aromatic carbocycles. The highest BCUT2D eigenvalue weighted by Gasteiger charge is 2.23. The number of nitrogens with one attached hydrogen (secondary N) is 2. The lowest BCUT2D eigenvalue weighted by atomic mass is 10.1. The second-order valence-electron chi connectivity index (χ2n) is 9.05. The summed E-state index contributed by atoms with van der Waals surface area (Å²) < 4.78 is 30.7. The van der Waals surface area contributed by atoms with Crippen molar-refractivity contribution in [1.82, 2.24) is 29.9 Å². The van der Waals surface area contributed by atoms with Crippen LogP contribution in [0.1, 0.15) is 25.0 Å². The fraction of sp³-hybridized carbons (Fsp3) is 0.714. The van der Waals surface area contributed by atoms with Gasteiger partial charge in [0.15, 0.2) is 0 Å². The summed E-state index contributed by atoms with van der Waals surface area (Å²) in [7, 11) is -3.98. The number of halogens is 1. The lowest BCUT2D eigenvalue weighted by Crippen LogP contribution is -2.40. The van der Waals surface area contributed by atoms with E-state index in [-0.39, 0.29) is 12.2 Å². The van der Waals surface area contributed by atoms with E-state index in [0.29, 0.717) is 56.7 Å². The van der Waals surface area contributed by atoms with E-state index in [0.717, 1.165) is 44.8 Å². The molecule has 2 aliphatic heterocycles. The highest BCUT2D eigenvalue weighted by atomic mass is 31.2. The summed E-state index contributed by atoms with van der Waals surface area (Å²) >= 11 is 0. The molecule has 2 saturated heterocycles. The number of ether oxygens (including phenoxy) is 1. The van der Waals surface area contributed by atoms with Crippen LogP contribution in [0.2, 0.25) is 0 Å². The van der Waals surface area contributed by atoms with Crippen LogP contribution in [-0.2, 0) is 22.4 Å². The summed E-state index contributed by atoms with van der Waals surface area (Å²) in [6.45, 7) is 5.20. The maximum Gasteiger partial charge on any atom is 0.326 e. The van der Waals surface area contributed by atoms with Crippen LogP contribution in [0.3, 0.4) is 0 Å². The van der Waals surface area contributed by atoms with Gasteiger partial charge in [-0.25, -0.2) is 0 Å². The van der Waals surface area contributed by atoms with Gasteiger partial charge in [0.2, 0.25) is 5.95 Å². The lowest BCUT2D eigenvalue weighted by molar-refractivity contribution is 0.122. The van der Waals surface area contributed by atoms with Gasteiger partial charge in [-0.3, -0.25) is 13.6 Å². The van der Waals surface area contributed by atoms with Crippen molar-refractivity contribution < 1.29 is 23.5 Å². The van der Waals surface area contributed by atoms with E-state index in [1.807, 2.05) is 6.07 Å². The Morgan fingerprint density at radius 2 is 1.92 bits per heavy atom. The molecule has 13 nitrogen and oxygen atoms in total. The van der Waals surface area contributed by atoms with E-state index in [2.05, 4.69) is 35.7 Å². The van der Waals surface area contributed by atoms with Gasteiger partial charge in [-0.1, -0.05) is 5.21 Å². The molecule has 2 aromatic rings. The van der Waals surface area contributed by atoms with Gasteiger partial charge in [0.05, 0.1) is 38.8 Å². The Labute approximate surface area is 209 Å². The van der Waals surface area contributed by atoms with Crippen LogP contribution >= 0.6 is 7.60 Å². The van der Waals surface area contributed by atoms with E-state index < -0.39 is 14.3 Å². The molecule has 0 atom stereocenters. The van der Waals surface area contributed by atoms with Gasteiger partial charge in [-0.2, -0.15) is 9.97 Å². The van der Waals surface area contributed by atoms with Crippen LogP contribution in [0.25, 0.3) is 0 Å². The first-order valence-electron chi connectivity index (χ1n) is 12.3. The number of morpholine rings is 1. The quantitative estimate of drug-likeness (QED) is 0.290. The summed E-state index contributed by atoms with van der Waals surface area (Å²) in [5.74, 6) is 2.00. The molecule has 0 bridgehead atoms. The highest BCUT2D eigenvalue weighted by Crippen LogP contribution is 2.34. The van der Waals surface area contributed by atoms with Crippen LogP contribution in [-0.4, -0.2) is 104 Å². The first-order chi connectivity index (χ1) is 17.4. The van der Waals surface area contributed by atoms with Crippen LogP contribution in [0.15, 0.2) is 12.3 Å². The monoisotopic (exact) mass is 527 g/mol. The molecule has 15 heteroatoms. The van der Waals surface area contributed by atoms with Gasteiger partial charge >= 0.3 is 7.60 Å². The number of aromatic nitrogens is 5. The first kappa shape index (κ1) is 26.7. The Hall–Kier alpha value is -2.38. The van der Waals surface area contributed by atoms with Crippen LogP contribution < -0.4 is 15.5 Å². The smallest absolute Gasteiger partial charge is 0.326 e. The Kier molecular flexibility index (Phi) is 9.43. The maximum absolute atomic E-state index is 12.4. The Morgan fingerprint density at radius 3 is 2.64 bits per heavy atom. The summed E-state index contributed by atoms with van der Waals surface area (Å²) in [6.07, 6.45) is 3.77. The summed E-state index contributed by atoms with van der Waals surface area (Å²) in [6, 6.07) is 2.15. The number of alkyl halides is 1. The van der Waals surface area contributed by atoms with Gasteiger partial charge in [0.25, 0.3) is 0 Å². The van der Waals surface area contributed by atoms with E-state index >= 15 is 0 Å². The number of anilines is 3. The summed E-state index contributed by atoms with van der Waals surface area (Å²) in [5.41, 5.74) is 0.714. The molecule has 2 aliphatic rings. The molecule has 4 N–H and O–H groups in total. The van der Waals surface area contributed by atoms with Crippen molar-refractivity contribution >= 4 is 25.2 Å². The van der Waals surface area contributed by atoms with Crippen LogP contribution in [0, 0.1) is 0 Å². The molecule has 2 fully saturated rings. The Balaban J connectivity index is 1.38. The Morgan fingerprint density at radius 1 is 1.14 bits per heavy atom. The van der Waals surface area contributed by atoms with E-state index in [1.165, 1.54) is 0 Å². The third kappa shape index (κ3) is 8.34. The van der Waals surface area contributed by atoms with Crippen LogP contribution in [0.4, 0.5) is 22.0 Å². The predicted octanol–water partition coefficient (Wildman–Crippen LogP) is 0.930. The fourth-order valence-electron chi connectivity index (χ4n) is 4.24. The third-order valence-corrected chi connectivity index (χ3v) is 7.01. The molecule has 0 unspecified atom stereocenters. The second kappa shape index (κ2) is 12.7. The number of aryl methyl sites for hydroxylation is 1. The second-order valence-corrected chi connectivity index (χ2v) is 10.8. The molecular formula is C21H35FN9O4P. The van der Waals surface area contributed by atoms with Crippen molar-refractivity contribution in [2.24, 2.45) is 0 Å². The zero-order valence-electron chi connectivity index (χ0n) is 20.3. The average molecular weight is 528 g/mol. The maximum atomic E-state index is 12.4. The molecule has 0 amide bonds. The van der Waals surface area contributed by atoms with Crippen molar-refractivity contribution in [3.8, 4) is 0 Å². The Bertz CT molecular complexity index is 1010. The molecular weight excluding hydrogens is 492 g/mol. The van der Waals surface area contributed by atoms with Gasteiger partial charge in [0, 0.05) is 51.4 Å². The number of hydrogen-bond donors (Lipinski definition) is 4. The highest BCUT2D eigenvalue weighted by molar-refractivity contribution is 7.51. The number of nitrogens with zero attached hydrogens (tertiary/aromatic N) is 7. The molecule has 200 valence electrons. The first-order valence-corrected chi connectivity index (χ1v) is 14.1. The minimum atomic E-state index is -3.98. The molecule has 36 heavy (non-hydrogen) atoms. The number of piperidine rings is 1. The zero-order chi connectivity index (χ0) is 25.4. The third-order valence-electron chi connectivity index (χ3n) is 6.23. The topological polar surface area (TPSA) is 154 Å². The standard InChI is InChI=1S/C21H35FN9O4P/c22-4-1-5-31-16-18(27-28-31)15-23-21-25-19(14-20(26-21)30-8-11-35-12-9-30)24-17-2-6-29(7-3-17)10-13-36(32,33)34/h14,16-17H,1-13,15H2,(H2,32,33,34)(H2,23,24,25,26). The summed E-state index contributed by atoms with van der Waals surface area (Å²) in [4.78, 5) is 31.9. The summed E-state index contributed by atoms with van der Waals surface area (Å²) in [5, 5.41) is 14.9. The van der Waals surface area contributed by atoms with Crippen LogP contribution in [0.5, 0.6) is 0 Å². The molecule has 4 heterocycles. The van der Waals surface area contributed by atoms with Gasteiger partial charge < -0.3 is 35.0 Å². The van der Waals surface area contributed by atoms with Gasteiger partial charge in [0.1, 0.15) is 17.3 Å². The molecule has 0 spiro atoms. The molecule has 0 radical (unpaired) electrons. The largest absolute Gasteiger partial charge is 0.378 e. The normalized spacial score (nSPS) is 17.9. The van der Waals surface area contributed by atoms with Crippen molar-refractivity contribution in [1.29, 1.82) is 0 Å². The van der Waals surface area contributed by atoms with E-state index in [9.17, 15) is 8.96 Å². The SMILES string of the molecule is O=P(O)(O)CCN1CCC(Nc2cc(N3CCOCC3)nc(NCc3cn(CCCF)nn3)n2)CC1. The van der Waals surface area contributed by atoms with Crippen molar-refractivity contribution in [3.63, 3.8) is 0 Å². The van der Waals surface area contributed by atoms with E-state index in [1.54, 1.807) is 10.9 Å². The van der Waals surface area contributed by atoms with Gasteiger partial charge in [-0.05, 0) is 19.3 Å². The number of hydrogen-bond acceptors (Lipinski definition) is 10. The molecule has 2 aromatic heterocycles.